The number of fused-ring (bicyclic) bond motifs is 1. The molecule has 24 heavy (non-hydrogen) atoms. The summed E-state index contributed by atoms with van der Waals surface area (Å²) in [6.07, 6.45) is 0.0821. The molecule has 0 bridgehead atoms. The van der Waals surface area contributed by atoms with Gasteiger partial charge in [0.25, 0.3) is 0 Å². The first-order chi connectivity index (χ1) is 11.1. The van der Waals surface area contributed by atoms with Gasteiger partial charge in [0.2, 0.25) is 0 Å². The lowest BCUT2D eigenvalue weighted by Gasteiger charge is -2.32. The van der Waals surface area contributed by atoms with Crippen LogP contribution in [0.3, 0.4) is 0 Å². The molecule has 3 atom stereocenters. The minimum absolute atomic E-state index is 0.0446. The van der Waals surface area contributed by atoms with Crippen molar-refractivity contribution in [2.24, 2.45) is 0 Å². The lowest BCUT2D eigenvalue weighted by molar-refractivity contribution is -0.161. The standard InChI is InChI=1S/C19H26O5/c1-9-13-8-19(4,5)24-18(13)16(11(3)17(9)22)10(2)14-6-12(20)7-15(21)23-14/h10,12,14,20,22H,6-8H2,1-5H3/t10?,12-,14+/m1/s1. The van der Waals surface area contributed by atoms with E-state index in [0.717, 1.165) is 34.4 Å². The van der Waals surface area contributed by atoms with Crippen molar-refractivity contribution in [1.29, 1.82) is 0 Å². The van der Waals surface area contributed by atoms with Crippen LogP contribution in [0, 0.1) is 13.8 Å². The van der Waals surface area contributed by atoms with Crippen molar-refractivity contribution in [2.45, 2.75) is 77.6 Å². The van der Waals surface area contributed by atoms with E-state index in [2.05, 4.69) is 0 Å². The normalized spacial score (nSPS) is 26.5. The molecule has 0 amide bonds. The fourth-order valence-corrected chi connectivity index (χ4v) is 3.97. The zero-order chi connectivity index (χ0) is 17.8. The minimum Gasteiger partial charge on any atom is -0.507 e. The Hall–Kier alpha value is -1.75. The molecule has 1 unspecified atom stereocenters. The van der Waals surface area contributed by atoms with Crippen molar-refractivity contribution in [1.82, 2.24) is 0 Å². The van der Waals surface area contributed by atoms with Crippen LogP contribution in [0.2, 0.25) is 0 Å². The molecule has 2 heterocycles. The minimum atomic E-state index is -0.677. The molecule has 5 nitrogen and oxygen atoms in total. The van der Waals surface area contributed by atoms with Gasteiger partial charge >= 0.3 is 5.97 Å². The van der Waals surface area contributed by atoms with Crippen LogP contribution in [0.25, 0.3) is 0 Å². The van der Waals surface area contributed by atoms with Crippen LogP contribution in [0.5, 0.6) is 11.5 Å². The Bertz CT molecular complexity index is 692. The molecular weight excluding hydrogens is 308 g/mol. The van der Waals surface area contributed by atoms with Gasteiger partial charge in [-0.1, -0.05) is 6.92 Å². The fraction of sp³-hybridized carbons (Fsp3) is 0.632. The summed E-state index contributed by atoms with van der Waals surface area (Å²) < 4.78 is 11.7. The summed E-state index contributed by atoms with van der Waals surface area (Å²) >= 11 is 0. The second-order valence-corrected chi connectivity index (χ2v) is 7.77. The van der Waals surface area contributed by atoms with Crippen LogP contribution >= 0.6 is 0 Å². The Morgan fingerprint density at radius 1 is 1.25 bits per heavy atom. The maximum atomic E-state index is 11.7. The van der Waals surface area contributed by atoms with Crippen LogP contribution in [0.4, 0.5) is 0 Å². The van der Waals surface area contributed by atoms with Crippen molar-refractivity contribution >= 4 is 5.97 Å². The van der Waals surface area contributed by atoms with Gasteiger partial charge in [0.05, 0.1) is 12.5 Å². The molecule has 2 aliphatic heterocycles. The summed E-state index contributed by atoms with van der Waals surface area (Å²) in [5, 5.41) is 20.5. The molecule has 1 fully saturated rings. The van der Waals surface area contributed by atoms with Gasteiger partial charge in [-0.05, 0) is 38.8 Å². The molecule has 0 spiro atoms. The number of aromatic hydroxyl groups is 1. The van der Waals surface area contributed by atoms with Crippen molar-refractivity contribution in [3.63, 3.8) is 0 Å². The number of phenolic OH excluding ortho intramolecular Hbond substituents is 1. The highest BCUT2D eigenvalue weighted by molar-refractivity contribution is 5.71. The molecule has 5 heteroatoms. The monoisotopic (exact) mass is 334 g/mol. The molecule has 0 aliphatic carbocycles. The van der Waals surface area contributed by atoms with Gasteiger partial charge in [-0.2, -0.15) is 0 Å². The Labute approximate surface area is 142 Å². The molecule has 0 aromatic heterocycles. The van der Waals surface area contributed by atoms with Crippen LogP contribution in [-0.2, 0) is 16.0 Å². The highest BCUT2D eigenvalue weighted by Crippen LogP contribution is 2.49. The van der Waals surface area contributed by atoms with Gasteiger partial charge in [0.15, 0.2) is 0 Å². The number of benzene rings is 1. The van der Waals surface area contributed by atoms with Gasteiger partial charge in [0.1, 0.15) is 23.2 Å². The van der Waals surface area contributed by atoms with Gasteiger partial charge in [-0.25, -0.2) is 0 Å². The average Bonchev–Trinajstić information content (AvgIpc) is 2.79. The topological polar surface area (TPSA) is 76.0 Å². The Morgan fingerprint density at radius 2 is 1.92 bits per heavy atom. The SMILES string of the molecule is Cc1c(O)c(C)c(C(C)[C@@H]2C[C@@H](O)CC(=O)O2)c2c1CC(C)(C)O2. The summed E-state index contributed by atoms with van der Waals surface area (Å²) in [7, 11) is 0. The summed E-state index contributed by atoms with van der Waals surface area (Å²) in [6.45, 7) is 9.78. The molecule has 2 aliphatic rings. The van der Waals surface area contributed by atoms with Gasteiger partial charge < -0.3 is 19.7 Å². The van der Waals surface area contributed by atoms with Gasteiger partial charge in [-0.3, -0.25) is 4.79 Å². The second kappa shape index (κ2) is 5.66. The third-order valence-electron chi connectivity index (χ3n) is 5.27. The predicted molar refractivity (Wildman–Crippen MR) is 89.5 cm³/mol. The number of carbonyl (C=O) groups is 1. The molecule has 1 aromatic carbocycles. The number of cyclic esters (lactones) is 1. The predicted octanol–water partition coefficient (Wildman–Crippen LogP) is 2.89. The lowest BCUT2D eigenvalue weighted by Crippen LogP contribution is -2.36. The molecule has 132 valence electrons. The number of hydrogen-bond acceptors (Lipinski definition) is 5. The van der Waals surface area contributed by atoms with E-state index in [1.165, 1.54) is 0 Å². The molecule has 2 N–H and O–H groups in total. The van der Waals surface area contributed by atoms with Crippen molar-refractivity contribution in [3.05, 3.63) is 22.3 Å². The van der Waals surface area contributed by atoms with Crippen molar-refractivity contribution < 1.29 is 24.5 Å². The zero-order valence-corrected chi connectivity index (χ0v) is 15.0. The van der Waals surface area contributed by atoms with Gasteiger partial charge in [-0.15, -0.1) is 0 Å². The van der Waals surface area contributed by atoms with E-state index in [9.17, 15) is 15.0 Å². The molecule has 1 saturated heterocycles. The quantitative estimate of drug-likeness (QED) is 0.813. The van der Waals surface area contributed by atoms with Crippen LogP contribution in [0.1, 0.15) is 61.8 Å². The first-order valence-corrected chi connectivity index (χ1v) is 8.52. The highest BCUT2D eigenvalue weighted by Gasteiger charge is 2.40. The molecule has 0 radical (unpaired) electrons. The Morgan fingerprint density at radius 3 is 2.54 bits per heavy atom. The van der Waals surface area contributed by atoms with E-state index in [-0.39, 0.29) is 29.7 Å². The number of esters is 1. The van der Waals surface area contributed by atoms with Crippen molar-refractivity contribution in [3.8, 4) is 11.5 Å². The van der Waals surface area contributed by atoms with Crippen LogP contribution in [0.15, 0.2) is 0 Å². The third kappa shape index (κ3) is 2.75. The summed E-state index contributed by atoms with van der Waals surface area (Å²) in [6, 6.07) is 0. The molecule has 1 aromatic rings. The Balaban J connectivity index is 2.07. The zero-order valence-electron chi connectivity index (χ0n) is 15.0. The van der Waals surface area contributed by atoms with E-state index in [1.807, 2.05) is 34.6 Å². The van der Waals surface area contributed by atoms with E-state index < -0.39 is 12.2 Å². The van der Waals surface area contributed by atoms with E-state index in [4.69, 9.17) is 9.47 Å². The summed E-state index contributed by atoms with van der Waals surface area (Å²) in [5.41, 5.74) is 3.18. The number of phenols is 1. The molecular formula is C19H26O5. The van der Waals surface area contributed by atoms with E-state index in [1.54, 1.807) is 0 Å². The summed E-state index contributed by atoms with van der Waals surface area (Å²) in [5.74, 6) is 0.534. The average molecular weight is 334 g/mol. The number of aliphatic hydroxyl groups excluding tert-OH is 1. The molecule has 0 saturated carbocycles. The summed E-state index contributed by atoms with van der Waals surface area (Å²) in [4.78, 5) is 11.7. The fourth-order valence-electron chi connectivity index (χ4n) is 3.97. The number of carbonyl (C=O) groups excluding carboxylic acids is 1. The highest BCUT2D eigenvalue weighted by atomic mass is 16.5. The van der Waals surface area contributed by atoms with E-state index >= 15 is 0 Å². The van der Waals surface area contributed by atoms with Crippen LogP contribution in [-0.4, -0.2) is 34.0 Å². The maximum absolute atomic E-state index is 11.7. The van der Waals surface area contributed by atoms with Crippen molar-refractivity contribution in [2.75, 3.05) is 0 Å². The number of hydrogen-bond donors (Lipinski definition) is 2. The smallest absolute Gasteiger partial charge is 0.308 e. The first-order valence-electron chi connectivity index (χ1n) is 8.52. The molecule has 3 rings (SSSR count). The second-order valence-electron chi connectivity index (χ2n) is 7.77. The number of rotatable bonds is 2. The third-order valence-corrected chi connectivity index (χ3v) is 5.27. The van der Waals surface area contributed by atoms with E-state index in [0.29, 0.717) is 6.42 Å². The van der Waals surface area contributed by atoms with Crippen LogP contribution < -0.4 is 4.74 Å². The Kier molecular flexibility index (Phi) is 4.03. The number of aliphatic hydroxyl groups is 1. The number of ether oxygens (including phenoxy) is 2. The largest absolute Gasteiger partial charge is 0.507 e. The maximum Gasteiger partial charge on any atom is 0.308 e. The van der Waals surface area contributed by atoms with Gasteiger partial charge in [0, 0.05) is 29.9 Å². The first kappa shape index (κ1) is 17.1. The lowest BCUT2D eigenvalue weighted by atomic mass is 9.83.